The summed E-state index contributed by atoms with van der Waals surface area (Å²) in [6.45, 7) is 2.53. The van der Waals surface area contributed by atoms with Crippen molar-refractivity contribution in [3.05, 3.63) is 59.7 Å². The van der Waals surface area contributed by atoms with Crippen LogP contribution in [0.15, 0.2) is 53.4 Å². The third-order valence-corrected chi connectivity index (χ3v) is 8.63. The second-order valence-corrected chi connectivity index (χ2v) is 11.1. The van der Waals surface area contributed by atoms with E-state index in [1.165, 1.54) is 43.5 Å². The average molecular weight is 447 g/mol. The maximum absolute atomic E-state index is 12.9. The van der Waals surface area contributed by atoms with Gasteiger partial charge in [-0.25, -0.2) is 8.42 Å². The number of carbonyl (C=O) groups is 1. The lowest BCUT2D eigenvalue weighted by atomic mass is 10.0. The van der Waals surface area contributed by atoms with E-state index >= 15 is 0 Å². The number of hydrogen-bond donors (Lipinski definition) is 1. The van der Waals surface area contributed by atoms with Crippen LogP contribution in [0, 0.1) is 6.92 Å². The maximum atomic E-state index is 12.9. The highest BCUT2D eigenvalue weighted by molar-refractivity contribution is 7.99. The van der Waals surface area contributed by atoms with Gasteiger partial charge in [0.2, 0.25) is 0 Å². The molecule has 2 aromatic carbocycles. The fraction of sp³-hybridized carbons (Fsp3) is 0.435. The van der Waals surface area contributed by atoms with E-state index in [0.29, 0.717) is 17.8 Å². The minimum absolute atomic E-state index is 0.178. The lowest BCUT2D eigenvalue weighted by Crippen LogP contribution is -2.28. The number of nitrogens with zero attached hydrogens (tertiary/aromatic N) is 1. The minimum atomic E-state index is -3.69. The second-order valence-electron chi connectivity index (χ2n) is 7.72. The third kappa shape index (κ3) is 5.79. The van der Waals surface area contributed by atoms with Crippen LogP contribution in [0.5, 0.6) is 0 Å². The van der Waals surface area contributed by atoms with E-state index in [0.717, 1.165) is 16.6 Å². The van der Waals surface area contributed by atoms with Crippen molar-refractivity contribution in [3.63, 3.8) is 0 Å². The number of amides is 1. The van der Waals surface area contributed by atoms with Crippen LogP contribution in [0.1, 0.15) is 48.0 Å². The molecule has 1 aliphatic carbocycles. The summed E-state index contributed by atoms with van der Waals surface area (Å²) in [5.74, 6) is 0.722. The number of anilines is 1. The molecule has 0 aromatic heterocycles. The summed E-state index contributed by atoms with van der Waals surface area (Å²) < 4.78 is 27.0. The molecule has 1 saturated carbocycles. The summed E-state index contributed by atoms with van der Waals surface area (Å²) in [5.41, 5.74) is 1.91. The fourth-order valence-corrected chi connectivity index (χ4v) is 5.98. The number of rotatable bonds is 8. The fourth-order valence-electron chi connectivity index (χ4n) is 3.57. The van der Waals surface area contributed by atoms with Gasteiger partial charge in [0.05, 0.1) is 10.6 Å². The quantitative estimate of drug-likeness (QED) is 0.601. The van der Waals surface area contributed by atoms with Crippen molar-refractivity contribution in [2.45, 2.75) is 49.2 Å². The molecule has 1 aliphatic rings. The normalized spacial score (nSPS) is 15.0. The molecule has 0 aliphatic heterocycles. The topological polar surface area (TPSA) is 66.5 Å². The lowest BCUT2D eigenvalue weighted by molar-refractivity contribution is 0.0956. The molecule has 30 heavy (non-hydrogen) atoms. The van der Waals surface area contributed by atoms with Gasteiger partial charge in [-0.05, 0) is 50.1 Å². The van der Waals surface area contributed by atoms with Crippen LogP contribution in [-0.4, -0.2) is 38.9 Å². The van der Waals surface area contributed by atoms with Crippen LogP contribution in [0.4, 0.5) is 5.69 Å². The van der Waals surface area contributed by atoms with Crippen LogP contribution in [0.25, 0.3) is 0 Å². The number of benzene rings is 2. The van der Waals surface area contributed by atoms with Gasteiger partial charge < -0.3 is 5.32 Å². The number of nitrogens with one attached hydrogen (secondary N) is 1. The predicted octanol–water partition coefficient (Wildman–Crippen LogP) is 4.62. The largest absolute Gasteiger partial charge is 0.351 e. The zero-order valence-corrected chi connectivity index (χ0v) is 19.3. The zero-order chi connectivity index (χ0) is 21.6. The Balaban J connectivity index is 1.60. The van der Waals surface area contributed by atoms with Gasteiger partial charge in [0, 0.05) is 30.2 Å². The molecule has 162 valence electrons. The van der Waals surface area contributed by atoms with Gasteiger partial charge in [-0.2, -0.15) is 11.8 Å². The van der Waals surface area contributed by atoms with Gasteiger partial charge >= 0.3 is 0 Å². The smallest absolute Gasteiger partial charge is 0.264 e. The van der Waals surface area contributed by atoms with Gasteiger partial charge in [-0.3, -0.25) is 9.10 Å². The third-order valence-electron chi connectivity index (χ3n) is 5.44. The number of thioether (sulfide) groups is 1. The molecule has 0 unspecified atom stereocenters. The first-order valence-electron chi connectivity index (χ1n) is 10.4. The van der Waals surface area contributed by atoms with E-state index in [4.69, 9.17) is 0 Å². The summed E-state index contributed by atoms with van der Waals surface area (Å²) in [6.07, 6.45) is 6.54. The van der Waals surface area contributed by atoms with E-state index in [1.54, 1.807) is 48.5 Å². The summed E-state index contributed by atoms with van der Waals surface area (Å²) >= 11 is 1.94. The standard InChI is InChI=1S/C23H30N2O3S2/c1-18-11-13-22(14-12-18)30(27,28)25(2)20-8-6-7-19(17-20)23(26)24-15-16-29-21-9-4-3-5-10-21/h6-8,11-14,17,21H,3-5,9-10,15-16H2,1-2H3,(H,24,26). The first-order valence-corrected chi connectivity index (χ1v) is 12.9. The molecule has 2 aromatic rings. The minimum Gasteiger partial charge on any atom is -0.351 e. The maximum Gasteiger partial charge on any atom is 0.264 e. The highest BCUT2D eigenvalue weighted by Crippen LogP contribution is 2.28. The van der Waals surface area contributed by atoms with Crippen LogP contribution in [0.2, 0.25) is 0 Å². The molecule has 0 spiro atoms. The van der Waals surface area contributed by atoms with E-state index in [-0.39, 0.29) is 10.8 Å². The molecular weight excluding hydrogens is 416 g/mol. The molecule has 0 radical (unpaired) electrons. The molecule has 1 fully saturated rings. The lowest BCUT2D eigenvalue weighted by Gasteiger charge is -2.21. The Hall–Kier alpha value is -1.99. The van der Waals surface area contributed by atoms with E-state index in [1.807, 2.05) is 18.7 Å². The van der Waals surface area contributed by atoms with Crippen molar-refractivity contribution in [2.24, 2.45) is 0 Å². The molecule has 3 rings (SSSR count). The molecular formula is C23H30N2O3S2. The Labute approximate surface area is 184 Å². The van der Waals surface area contributed by atoms with Crippen molar-refractivity contribution in [2.75, 3.05) is 23.7 Å². The van der Waals surface area contributed by atoms with Gasteiger partial charge in [-0.15, -0.1) is 0 Å². The Morgan fingerprint density at radius 3 is 2.50 bits per heavy atom. The molecule has 7 heteroatoms. The van der Waals surface area contributed by atoms with Gasteiger partial charge in [0.25, 0.3) is 15.9 Å². The van der Waals surface area contributed by atoms with Gasteiger partial charge in [-0.1, -0.05) is 43.0 Å². The van der Waals surface area contributed by atoms with Crippen LogP contribution in [0.3, 0.4) is 0 Å². The van der Waals surface area contributed by atoms with E-state index in [2.05, 4.69) is 5.32 Å². The van der Waals surface area contributed by atoms with E-state index in [9.17, 15) is 13.2 Å². The molecule has 0 saturated heterocycles. The number of hydrogen-bond acceptors (Lipinski definition) is 4. The van der Waals surface area contributed by atoms with Gasteiger partial charge in [0.15, 0.2) is 0 Å². The first-order chi connectivity index (χ1) is 14.4. The number of aryl methyl sites for hydroxylation is 1. The van der Waals surface area contributed by atoms with Crippen molar-refractivity contribution >= 4 is 33.4 Å². The van der Waals surface area contributed by atoms with Crippen LogP contribution < -0.4 is 9.62 Å². The van der Waals surface area contributed by atoms with Crippen LogP contribution >= 0.6 is 11.8 Å². The molecule has 5 nitrogen and oxygen atoms in total. The molecule has 1 N–H and O–H groups in total. The Kier molecular flexibility index (Phi) is 7.83. The van der Waals surface area contributed by atoms with Crippen molar-refractivity contribution < 1.29 is 13.2 Å². The van der Waals surface area contributed by atoms with Crippen molar-refractivity contribution in [1.29, 1.82) is 0 Å². The van der Waals surface area contributed by atoms with Crippen molar-refractivity contribution in [1.82, 2.24) is 5.32 Å². The first kappa shape index (κ1) is 22.7. The van der Waals surface area contributed by atoms with Crippen LogP contribution in [-0.2, 0) is 10.0 Å². The zero-order valence-electron chi connectivity index (χ0n) is 17.6. The highest BCUT2D eigenvalue weighted by atomic mass is 32.2. The summed E-state index contributed by atoms with van der Waals surface area (Å²) in [5, 5.41) is 3.68. The number of carbonyl (C=O) groups excluding carboxylic acids is 1. The van der Waals surface area contributed by atoms with Crippen molar-refractivity contribution in [3.8, 4) is 0 Å². The Morgan fingerprint density at radius 1 is 1.10 bits per heavy atom. The monoisotopic (exact) mass is 446 g/mol. The van der Waals surface area contributed by atoms with Gasteiger partial charge in [0.1, 0.15) is 0 Å². The van der Waals surface area contributed by atoms with E-state index < -0.39 is 10.0 Å². The number of sulfonamides is 1. The molecule has 1 amide bonds. The molecule has 0 heterocycles. The average Bonchev–Trinajstić information content (AvgIpc) is 2.77. The molecule has 0 atom stereocenters. The molecule has 0 bridgehead atoms. The highest BCUT2D eigenvalue weighted by Gasteiger charge is 2.22. The SMILES string of the molecule is Cc1ccc(S(=O)(=O)N(C)c2cccc(C(=O)NCCSC3CCCCC3)c2)cc1. The summed E-state index contributed by atoms with van der Waals surface area (Å²) in [7, 11) is -2.18. The second kappa shape index (κ2) is 10.4. The summed E-state index contributed by atoms with van der Waals surface area (Å²) in [4.78, 5) is 12.8. The Morgan fingerprint density at radius 2 is 1.80 bits per heavy atom. The Bertz CT molecular complexity index is 953. The predicted molar refractivity (Wildman–Crippen MR) is 125 cm³/mol. The summed E-state index contributed by atoms with van der Waals surface area (Å²) in [6, 6.07) is 13.5.